The third-order valence-electron chi connectivity index (χ3n) is 6.88. The van der Waals surface area contributed by atoms with Gasteiger partial charge < -0.3 is 30.2 Å². The Balaban J connectivity index is 1.43. The van der Waals surface area contributed by atoms with Gasteiger partial charge in [-0.2, -0.15) is 0 Å². The Bertz CT molecular complexity index is 1390. The van der Waals surface area contributed by atoms with Crippen LogP contribution in [-0.4, -0.2) is 60.8 Å². The molecule has 0 bridgehead atoms. The van der Waals surface area contributed by atoms with Crippen LogP contribution in [0.1, 0.15) is 24.3 Å². The van der Waals surface area contributed by atoms with Crippen LogP contribution in [0.4, 0.5) is 23.0 Å². The molecule has 2 heterocycles. The lowest BCUT2D eigenvalue weighted by molar-refractivity contribution is 0.413. The number of ether oxygens (including phenoxy) is 1. The number of rotatable bonds is 9. The van der Waals surface area contributed by atoms with Crippen molar-refractivity contribution in [1.82, 2.24) is 19.4 Å². The van der Waals surface area contributed by atoms with E-state index in [1.165, 1.54) is 29.3 Å². The number of aromatic nitrogens is 3. The van der Waals surface area contributed by atoms with Crippen LogP contribution in [0, 0.1) is 0 Å². The SMILES string of the molecule is COc1cc(N(C)CCN(C)C)c(N)cc1Nc1nccc(-c2cn(C)c3cc(C4CC4)ccc23)n1. The number of nitrogens with one attached hydrogen (secondary N) is 1. The summed E-state index contributed by atoms with van der Waals surface area (Å²) in [5.41, 5.74) is 13.4. The van der Waals surface area contributed by atoms with Crippen LogP contribution in [0.15, 0.2) is 48.8 Å². The summed E-state index contributed by atoms with van der Waals surface area (Å²) in [6.45, 7) is 1.78. The molecule has 5 rings (SSSR count). The summed E-state index contributed by atoms with van der Waals surface area (Å²) < 4.78 is 7.87. The molecule has 2 aromatic heterocycles. The summed E-state index contributed by atoms with van der Waals surface area (Å²) in [5.74, 6) is 1.90. The molecule has 2 aromatic carbocycles. The van der Waals surface area contributed by atoms with Crippen molar-refractivity contribution in [3.05, 3.63) is 54.4 Å². The molecule has 4 aromatic rings. The molecule has 1 aliphatic rings. The summed E-state index contributed by atoms with van der Waals surface area (Å²) >= 11 is 0. The average molecular weight is 486 g/mol. The average Bonchev–Trinajstić information content (AvgIpc) is 3.66. The van der Waals surface area contributed by atoms with Gasteiger partial charge in [0.05, 0.1) is 29.9 Å². The van der Waals surface area contributed by atoms with Gasteiger partial charge in [0.2, 0.25) is 5.95 Å². The summed E-state index contributed by atoms with van der Waals surface area (Å²) in [6, 6.07) is 12.6. The van der Waals surface area contributed by atoms with E-state index >= 15 is 0 Å². The number of hydrogen-bond acceptors (Lipinski definition) is 7. The number of benzene rings is 2. The number of hydrogen-bond donors (Lipinski definition) is 2. The molecule has 0 unspecified atom stereocenters. The highest BCUT2D eigenvalue weighted by Gasteiger charge is 2.24. The number of likely N-dealkylation sites (N-methyl/N-ethyl adjacent to an activating group) is 2. The van der Waals surface area contributed by atoms with Gasteiger partial charge in [-0.1, -0.05) is 12.1 Å². The lowest BCUT2D eigenvalue weighted by atomic mass is 10.1. The molecule has 0 spiro atoms. The van der Waals surface area contributed by atoms with Crippen LogP contribution in [0.25, 0.3) is 22.2 Å². The minimum absolute atomic E-state index is 0.491. The molecule has 3 N–H and O–H groups in total. The van der Waals surface area contributed by atoms with E-state index in [9.17, 15) is 0 Å². The van der Waals surface area contributed by atoms with Gasteiger partial charge in [0, 0.05) is 62.1 Å². The van der Waals surface area contributed by atoms with E-state index in [1.54, 1.807) is 13.3 Å². The number of aryl methyl sites for hydroxylation is 1. The van der Waals surface area contributed by atoms with Gasteiger partial charge in [0.25, 0.3) is 0 Å². The van der Waals surface area contributed by atoms with Crippen LogP contribution in [0.5, 0.6) is 5.75 Å². The predicted molar refractivity (Wildman–Crippen MR) is 148 cm³/mol. The first-order valence-corrected chi connectivity index (χ1v) is 12.4. The number of nitrogens with zero attached hydrogens (tertiary/aromatic N) is 5. The Morgan fingerprint density at radius 3 is 2.64 bits per heavy atom. The zero-order valence-electron chi connectivity index (χ0n) is 21.7. The summed E-state index contributed by atoms with van der Waals surface area (Å²) in [5, 5.41) is 4.51. The first kappa shape index (κ1) is 23.9. The molecule has 36 heavy (non-hydrogen) atoms. The van der Waals surface area contributed by atoms with Gasteiger partial charge in [-0.05, 0) is 56.6 Å². The molecule has 1 fully saturated rings. The second-order valence-electron chi connectivity index (χ2n) is 9.93. The highest BCUT2D eigenvalue weighted by molar-refractivity contribution is 5.95. The maximum absolute atomic E-state index is 6.44. The zero-order valence-corrected chi connectivity index (χ0v) is 21.7. The van der Waals surface area contributed by atoms with E-state index in [4.69, 9.17) is 15.5 Å². The molecule has 0 saturated heterocycles. The molecule has 1 saturated carbocycles. The molecule has 0 radical (unpaired) electrons. The fourth-order valence-corrected chi connectivity index (χ4v) is 4.62. The molecule has 8 nitrogen and oxygen atoms in total. The monoisotopic (exact) mass is 485 g/mol. The third kappa shape index (κ3) is 4.81. The van der Waals surface area contributed by atoms with Crippen molar-refractivity contribution in [2.45, 2.75) is 18.8 Å². The summed E-state index contributed by atoms with van der Waals surface area (Å²) in [4.78, 5) is 13.6. The van der Waals surface area contributed by atoms with Crippen molar-refractivity contribution in [1.29, 1.82) is 0 Å². The van der Waals surface area contributed by atoms with Crippen LogP contribution in [0.3, 0.4) is 0 Å². The highest BCUT2D eigenvalue weighted by atomic mass is 16.5. The van der Waals surface area contributed by atoms with Crippen molar-refractivity contribution in [3.8, 4) is 17.0 Å². The Kier molecular flexibility index (Phi) is 6.45. The van der Waals surface area contributed by atoms with Crippen molar-refractivity contribution < 1.29 is 4.74 Å². The quantitative estimate of drug-likeness (QED) is 0.328. The van der Waals surface area contributed by atoms with Gasteiger partial charge in [0.1, 0.15) is 5.75 Å². The van der Waals surface area contributed by atoms with Crippen LogP contribution in [0.2, 0.25) is 0 Å². The minimum Gasteiger partial charge on any atom is -0.494 e. The van der Waals surface area contributed by atoms with Gasteiger partial charge >= 0.3 is 0 Å². The smallest absolute Gasteiger partial charge is 0.227 e. The van der Waals surface area contributed by atoms with Gasteiger partial charge in [0.15, 0.2) is 0 Å². The van der Waals surface area contributed by atoms with Crippen molar-refractivity contribution in [2.24, 2.45) is 7.05 Å². The number of anilines is 4. The molecule has 0 amide bonds. The van der Waals surface area contributed by atoms with Crippen molar-refractivity contribution in [2.75, 3.05) is 57.3 Å². The Labute approximate surface area is 212 Å². The molecule has 188 valence electrons. The van der Waals surface area contributed by atoms with E-state index in [1.807, 2.05) is 25.2 Å². The van der Waals surface area contributed by atoms with Crippen LogP contribution in [-0.2, 0) is 7.05 Å². The first-order chi connectivity index (χ1) is 17.3. The normalized spacial score (nSPS) is 13.4. The zero-order chi connectivity index (χ0) is 25.4. The van der Waals surface area contributed by atoms with E-state index in [2.05, 4.69) is 70.2 Å². The van der Waals surface area contributed by atoms with E-state index in [0.717, 1.165) is 41.6 Å². The second kappa shape index (κ2) is 9.70. The number of fused-ring (bicyclic) bond motifs is 1. The van der Waals surface area contributed by atoms with E-state index in [0.29, 0.717) is 17.4 Å². The highest BCUT2D eigenvalue weighted by Crippen LogP contribution is 2.42. The van der Waals surface area contributed by atoms with E-state index in [-0.39, 0.29) is 0 Å². The number of nitrogen functional groups attached to an aromatic ring is 1. The standard InChI is InChI=1S/C28H35N7O/c1-33(2)12-13-34(3)26-16-27(36-5)24(15-22(26)29)32-28-30-11-10-23(31-28)21-17-35(4)25-14-19(18-6-7-18)8-9-20(21)25/h8-11,14-18H,6-7,12-13,29H2,1-5H3,(H,30,31,32). The fourth-order valence-electron chi connectivity index (χ4n) is 4.62. The molecule has 0 atom stereocenters. The second-order valence-corrected chi connectivity index (χ2v) is 9.93. The van der Waals surface area contributed by atoms with Gasteiger partial charge in [-0.25, -0.2) is 9.97 Å². The summed E-state index contributed by atoms with van der Waals surface area (Å²) in [6.07, 6.45) is 6.52. The van der Waals surface area contributed by atoms with Crippen molar-refractivity contribution >= 4 is 33.9 Å². The maximum atomic E-state index is 6.44. The van der Waals surface area contributed by atoms with Crippen LogP contribution >= 0.6 is 0 Å². The molecular weight excluding hydrogens is 450 g/mol. The minimum atomic E-state index is 0.491. The Morgan fingerprint density at radius 1 is 1.11 bits per heavy atom. The Morgan fingerprint density at radius 2 is 1.92 bits per heavy atom. The topological polar surface area (TPSA) is 84.5 Å². The molecule has 1 aliphatic carbocycles. The lowest BCUT2D eigenvalue weighted by Crippen LogP contribution is -2.29. The molecule has 8 heteroatoms. The lowest BCUT2D eigenvalue weighted by Gasteiger charge is -2.24. The van der Waals surface area contributed by atoms with Crippen molar-refractivity contribution in [3.63, 3.8) is 0 Å². The number of methoxy groups -OCH3 is 1. The van der Waals surface area contributed by atoms with Gasteiger partial charge in [-0.15, -0.1) is 0 Å². The maximum Gasteiger partial charge on any atom is 0.227 e. The number of nitrogens with two attached hydrogens (primary N) is 1. The van der Waals surface area contributed by atoms with Crippen LogP contribution < -0.4 is 20.7 Å². The Hall–Kier alpha value is -3.78. The molecular formula is C28H35N7O. The largest absolute Gasteiger partial charge is 0.494 e. The first-order valence-electron chi connectivity index (χ1n) is 12.4. The van der Waals surface area contributed by atoms with E-state index < -0.39 is 0 Å². The molecule has 0 aliphatic heterocycles. The van der Waals surface area contributed by atoms with Gasteiger partial charge in [-0.3, -0.25) is 0 Å². The third-order valence-corrected chi connectivity index (χ3v) is 6.88. The summed E-state index contributed by atoms with van der Waals surface area (Å²) in [7, 11) is 9.90. The predicted octanol–water partition coefficient (Wildman–Crippen LogP) is 4.84. The fraction of sp³-hybridized carbons (Fsp3) is 0.357.